The minimum Gasteiger partial charge on any atom is -0.456 e. The lowest BCUT2D eigenvalue weighted by Crippen LogP contribution is -2.14. The molecule has 6 nitrogen and oxygen atoms in total. The van der Waals surface area contributed by atoms with E-state index < -0.39 is 0 Å². The second-order valence-corrected chi connectivity index (χ2v) is 17.9. The van der Waals surface area contributed by atoms with E-state index >= 15 is 0 Å². The molecule has 4 heterocycles. The predicted octanol–water partition coefficient (Wildman–Crippen LogP) is 15.3. The van der Waals surface area contributed by atoms with Crippen LogP contribution in [0.2, 0.25) is 0 Å². The maximum absolute atomic E-state index is 6.74. The van der Waals surface area contributed by atoms with Crippen molar-refractivity contribution < 1.29 is 4.42 Å². The lowest BCUT2D eigenvalue weighted by atomic mass is 9.82. The highest BCUT2D eigenvalue weighted by Crippen LogP contribution is 2.52. The van der Waals surface area contributed by atoms with Crippen LogP contribution >= 0.6 is 0 Å². The number of fused-ring (bicyclic) bond motifs is 13. The van der Waals surface area contributed by atoms with Gasteiger partial charge in [0.15, 0.2) is 11.6 Å². The molecule has 0 fully saturated rings. The molecule has 310 valence electrons. The van der Waals surface area contributed by atoms with Gasteiger partial charge < -0.3 is 8.98 Å². The van der Waals surface area contributed by atoms with Crippen molar-refractivity contribution in [1.29, 1.82) is 0 Å². The first-order valence-corrected chi connectivity index (χ1v) is 22.5. The van der Waals surface area contributed by atoms with Crippen molar-refractivity contribution in [3.8, 4) is 56.7 Å². The first kappa shape index (κ1) is 36.8. The lowest BCUT2D eigenvalue weighted by Gasteiger charge is -2.21. The Morgan fingerprint density at radius 1 is 0.394 bits per heavy atom. The number of para-hydroxylation sites is 2. The highest BCUT2D eigenvalue weighted by molar-refractivity contribution is 6.25. The molecule has 1 aliphatic carbocycles. The van der Waals surface area contributed by atoms with Crippen molar-refractivity contribution in [3.05, 3.63) is 211 Å². The van der Waals surface area contributed by atoms with Gasteiger partial charge in [0, 0.05) is 43.5 Å². The normalized spacial score (nSPS) is 13.1. The molecule has 0 aliphatic heterocycles. The summed E-state index contributed by atoms with van der Waals surface area (Å²) in [5.74, 6) is 1.79. The van der Waals surface area contributed by atoms with Crippen LogP contribution in [0.15, 0.2) is 205 Å². The van der Waals surface area contributed by atoms with Crippen molar-refractivity contribution in [1.82, 2.24) is 24.1 Å². The molecule has 0 amide bonds. The number of hydrogen-bond donors (Lipinski definition) is 0. The van der Waals surface area contributed by atoms with Gasteiger partial charge in [-0.3, -0.25) is 4.57 Å². The summed E-state index contributed by atoms with van der Waals surface area (Å²) in [7, 11) is 0. The second kappa shape index (κ2) is 13.7. The van der Waals surface area contributed by atoms with Gasteiger partial charge in [0.2, 0.25) is 5.95 Å². The zero-order valence-electron chi connectivity index (χ0n) is 36.2. The van der Waals surface area contributed by atoms with Gasteiger partial charge >= 0.3 is 0 Å². The van der Waals surface area contributed by atoms with Crippen LogP contribution in [0.1, 0.15) is 25.0 Å². The monoisotopic (exact) mass is 845 g/mol. The maximum Gasteiger partial charge on any atom is 0.238 e. The summed E-state index contributed by atoms with van der Waals surface area (Å²) in [5.41, 5.74) is 15.9. The van der Waals surface area contributed by atoms with E-state index in [0.717, 1.165) is 93.5 Å². The van der Waals surface area contributed by atoms with E-state index in [-0.39, 0.29) is 5.41 Å². The molecule has 9 aromatic carbocycles. The van der Waals surface area contributed by atoms with Crippen LogP contribution in [0, 0.1) is 0 Å². The van der Waals surface area contributed by atoms with E-state index in [4.69, 9.17) is 19.4 Å². The summed E-state index contributed by atoms with van der Waals surface area (Å²) in [5, 5.41) is 6.65. The Morgan fingerprint density at radius 2 is 0.939 bits per heavy atom. The van der Waals surface area contributed by atoms with E-state index in [2.05, 4.69) is 205 Å². The molecule has 0 N–H and O–H groups in total. The molecule has 4 aromatic heterocycles. The Balaban J connectivity index is 1.13. The van der Waals surface area contributed by atoms with E-state index in [0.29, 0.717) is 17.6 Å². The Morgan fingerprint density at radius 3 is 1.70 bits per heavy atom. The minimum absolute atomic E-state index is 0.184. The predicted molar refractivity (Wildman–Crippen MR) is 270 cm³/mol. The van der Waals surface area contributed by atoms with Crippen molar-refractivity contribution in [2.45, 2.75) is 19.3 Å². The third-order valence-electron chi connectivity index (χ3n) is 14.0. The molecular formula is C60H39N5O. The molecule has 1 aliphatic rings. The van der Waals surface area contributed by atoms with Gasteiger partial charge in [-0.1, -0.05) is 184 Å². The highest BCUT2D eigenvalue weighted by atomic mass is 16.3. The standard InChI is InChI=1S/C60H39N5O/c1-60(2)45-27-12-9-24-43(45)52-44(26-15-28-46(52)60)58-61-57(37-20-7-4-8-21-37)62-59(63-58)65-48-30-14-11-23-40(48)42-35-34-41-39-22-10-13-29-47(39)64(55(41)56(42)65)49-31-17-33-51-54(49)53-38(25-16-32-50(53)66-51)36-18-5-3-6-19-36/h3-35H,1-2H3. The molecule has 0 spiro atoms. The first-order valence-electron chi connectivity index (χ1n) is 22.5. The fourth-order valence-electron chi connectivity index (χ4n) is 11.1. The first-order chi connectivity index (χ1) is 32.5. The molecule has 0 radical (unpaired) electrons. The molecule has 0 bridgehead atoms. The van der Waals surface area contributed by atoms with Gasteiger partial charge in [-0.05, 0) is 63.7 Å². The van der Waals surface area contributed by atoms with E-state index in [1.807, 2.05) is 18.2 Å². The average molecular weight is 846 g/mol. The second-order valence-electron chi connectivity index (χ2n) is 17.9. The van der Waals surface area contributed by atoms with Crippen LogP contribution in [0.3, 0.4) is 0 Å². The fraction of sp³-hybridized carbons (Fsp3) is 0.0500. The van der Waals surface area contributed by atoms with Crippen molar-refractivity contribution in [2.75, 3.05) is 0 Å². The van der Waals surface area contributed by atoms with Crippen molar-refractivity contribution >= 4 is 65.6 Å². The number of benzene rings is 9. The molecule has 0 saturated heterocycles. The van der Waals surface area contributed by atoms with Crippen molar-refractivity contribution in [2.24, 2.45) is 0 Å². The summed E-state index contributed by atoms with van der Waals surface area (Å²) >= 11 is 0. The Labute approximate surface area is 379 Å². The molecule has 0 saturated carbocycles. The van der Waals surface area contributed by atoms with E-state index in [1.54, 1.807) is 0 Å². The summed E-state index contributed by atoms with van der Waals surface area (Å²) < 4.78 is 11.5. The molecule has 66 heavy (non-hydrogen) atoms. The molecule has 0 unspecified atom stereocenters. The molecule has 13 aromatic rings. The van der Waals surface area contributed by atoms with Crippen LogP contribution < -0.4 is 0 Å². The van der Waals surface area contributed by atoms with Crippen molar-refractivity contribution in [3.63, 3.8) is 0 Å². The van der Waals surface area contributed by atoms with Gasteiger partial charge in [0.05, 0.1) is 33.1 Å². The number of hydrogen-bond acceptors (Lipinski definition) is 4. The number of furan rings is 1. The van der Waals surface area contributed by atoms with Gasteiger partial charge in [-0.25, -0.2) is 4.98 Å². The summed E-state index contributed by atoms with van der Waals surface area (Å²) in [6.45, 7) is 4.63. The number of nitrogens with zero attached hydrogens (tertiary/aromatic N) is 5. The van der Waals surface area contributed by atoms with Crippen LogP contribution in [-0.2, 0) is 5.41 Å². The Bertz CT molecular complexity index is 4140. The summed E-state index contributed by atoms with van der Waals surface area (Å²) in [4.78, 5) is 16.4. The molecule has 6 heteroatoms. The van der Waals surface area contributed by atoms with Crippen LogP contribution in [0.25, 0.3) is 122 Å². The Kier molecular flexibility index (Phi) is 7.64. The lowest BCUT2D eigenvalue weighted by molar-refractivity contribution is 0.660. The quantitative estimate of drug-likeness (QED) is 0.173. The molecule has 0 atom stereocenters. The number of rotatable bonds is 5. The van der Waals surface area contributed by atoms with Gasteiger partial charge in [-0.15, -0.1) is 0 Å². The number of aromatic nitrogens is 5. The SMILES string of the molecule is CC1(C)c2ccccc2-c2c(-c3nc(-c4ccccc4)nc(-n4c5ccccc5c5ccc6c7ccccc7n(-c7cccc8oc9cccc(-c%10ccccc%10)c9c78)c6c54)n3)cccc21. The zero-order valence-corrected chi connectivity index (χ0v) is 36.2. The largest absolute Gasteiger partial charge is 0.456 e. The zero-order chi connectivity index (χ0) is 43.7. The summed E-state index contributed by atoms with van der Waals surface area (Å²) in [6, 6.07) is 71.0. The molecular weight excluding hydrogens is 807 g/mol. The van der Waals surface area contributed by atoms with Gasteiger partial charge in [0.25, 0.3) is 0 Å². The third-order valence-corrected chi connectivity index (χ3v) is 14.0. The Hall–Kier alpha value is -8.61. The highest BCUT2D eigenvalue weighted by Gasteiger charge is 2.37. The maximum atomic E-state index is 6.74. The minimum atomic E-state index is -0.184. The van der Waals surface area contributed by atoms with Gasteiger partial charge in [0.1, 0.15) is 11.2 Å². The van der Waals surface area contributed by atoms with Crippen LogP contribution in [-0.4, -0.2) is 24.1 Å². The van der Waals surface area contributed by atoms with Crippen LogP contribution in [0.5, 0.6) is 0 Å². The average Bonchev–Trinajstić information content (AvgIpc) is 4.10. The van der Waals surface area contributed by atoms with E-state index in [1.165, 1.54) is 22.3 Å². The van der Waals surface area contributed by atoms with E-state index in [9.17, 15) is 0 Å². The van der Waals surface area contributed by atoms with Gasteiger partial charge in [-0.2, -0.15) is 9.97 Å². The topological polar surface area (TPSA) is 61.7 Å². The van der Waals surface area contributed by atoms with Crippen LogP contribution in [0.4, 0.5) is 0 Å². The summed E-state index contributed by atoms with van der Waals surface area (Å²) in [6.07, 6.45) is 0. The smallest absolute Gasteiger partial charge is 0.238 e. The fourth-order valence-corrected chi connectivity index (χ4v) is 11.1. The third kappa shape index (κ3) is 5.09. The molecule has 14 rings (SSSR count).